The number of aliphatic hydroxyl groups is 3. The van der Waals surface area contributed by atoms with Gasteiger partial charge in [-0.3, -0.25) is 5.41 Å². The van der Waals surface area contributed by atoms with Crippen LogP contribution in [-0.4, -0.2) is 60.8 Å². The topological polar surface area (TPSA) is 150 Å². The molecule has 9 nitrogen and oxygen atoms in total. The highest BCUT2D eigenvalue weighted by molar-refractivity contribution is 5.90. The van der Waals surface area contributed by atoms with E-state index in [9.17, 15) is 10.2 Å². The summed E-state index contributed by atoms with van der Waals surface area (Å²) in [5, 5.41) is 39.1. The monoisotopic (exact) mass is 243 g/mol. The van der Waals surface area contributed by atoms with Crippen LogP contribution in [0, 0.1) is 5.41 Å². The summed E-state index contributed by atoms with van der Waals surface area (Å²) in [6, 6.07) is 0. The molecule has 17 heavy (non-hydrogen) atoms. The van der Waals surface area contributed by atoms with E-state index in [-0.39, 0.29) is 11.7 Å². The summed E-state index contributed by atoms with van der Waals surface area (Å²) in [5.41, 5.74) is 5.19. The third-order valence-electron chi connectivity index (χ3n) is 2.53. The fourth-order valence-corrected chi connectivity index (χ4v) is 1.62. The van der Waals surface area contributed by atoms with Crippen LogP contribution in [0.25, 0.3) is 0 Å². The third-order valence-corrected chi connectivity index (χ3v) is 2.53. The summed E-state index contributed by atoms with van der Waals surface area (Å²) in [5.74, 6) is -0.307. The Bertz CT molecular complexity index is 422. The van der Waals surface area contributed by atoms with Crippen LogP contribution >= 0.6 is 0 Å². The minimum absolute atomic E-state index is 0.00254. The molecule has 2 rings (SSSR count). The Morgan fingerprint density at radius 1 is 1.53 bits per heavy atom. The van der Waals surface area contributed by atoms with Gasteiger partial charge in [-0.2, -0.15) is 0 Å². The summed E-state index contributed by atoms with van der Waals surface area (Å²) >= 11 is 0. The van der Waals surface area contributed by atoms with Crippen molar-refractivity contribution in [2.45, 2.75) is 24.5 Å². The Hall–Kier alpha value is -1.55. The van der Waals surface area contributed by atoms with Gasteiger partial charge in [-0.15, -0.1) is 5.10 Å². The standard InChI is InChI=1S/C8H13N5O4/c9-6(10)7-11-2-13(12-7)8-5(16)4(15)3(1-14)17-8/h2-5,8,14-16H,1H2,(H3,9,10)/t3-,4+,5?,8?/m1/s1. The number of aliphatic hydroxyl groups excluding tert-OH is 3. The van der Waals surface area contributed by atoms with E-state index in [1.54, 1.807) is 0 Å². The minimum Gasteiger partial charge on any atom is -0.394 e. The number of nitrogens with two attached hydrogens (primary N) is 1. The highest BCUT2D eigenvalue weighted by Crippen LogP contribution is 2.28. The summed E-state index contributed by atoms with van der Waals surface area (Å²) < 4.78 is 6.37. The lowest BCUT2D eigenvalue weighted by molar-refractivity contribution is -0.0588. The molecular formula is C8H13N5O4. The normalized spacial score (nSPS) is 32.9. The summed E-state index contributed by atoms with van der Waals surface area (Å²) in [6.45, 7) is -0.414. The van der Waals surface area contributed by atoms with Crippen molar-refractivity contribution < 1.29 is 20.1 Å². The van der Waals surface area contributed by atoms with Crippen molar-refractivity contribution in [3.8, 4) is 0 Å². The molecule has 0 amide bonds. The lowest BCUT2D eigenvalue weighted by atomic mass is 10.1. The highest BCUT2D eigenvalue weighted by atomic mass is 16.6. The predicted octanol–water partition coefficient (Wildman–Crippen LogP) is -2.83. The van der Waals surface area contributed by atoms with Gasteiger partial charge in [0.05, 0.1) is 6.61 Å². The number of aromatic nitrogens is 3. The number of nitrogens with zero attached hydrogens (tertiary/aromatic N) is 3. The summed E-state index contributed by atoms with van der Waals surface area (Å²) in [4.78, 5) is 3.74. The quantitative estimate of drug-likeness (QED) is 0.283. The number of ether oxygens (including phenoxy) is 1. The van der Waals surface area contributed by atoms with E-state index in [4.69, 9.17) is 21.0 Å². The van der Waals surface area contributed by atoms with E-state index in [0.29, 0.717) is 0 Å². The number of hydrogen-bond donors (Lipinski definition) is 5. The molecule has 9 heteroatoms. The average Bonchev–Trinajstić information content (AvgIpc) is 2.87. The molecule has 0 bridgehead atoms. The number of nitrogens with one attached hydrogen (secondary N) is 1. The second kappa shape index (κ2) is 4.37. The van der Waals surface area contributed by atoms with Gasteiger partial charge in [-0.05, 0) is 0 Å². The molecule has 1 fully saturated rings. The SMILES string of the molecule is N=C(N)c1ncn(C2O[C@H](CO)[C@H](O)C2O)n1. The fraction of sp³-hybridized carbons (Fsp3) is 0.625. The lowest BCUT2D eigenvalue weighted by Crippen LogP contribution is -2.33. The predicted molar refractivity (Wildman–Crippen MR) is 54.0 cm³/mol. The molecule has 1 aliphatic rings. The Kier molecular flexibility index (Phi) is 3.07. The number of rotatable bonds is 3. The zero-order valence-corrected chi connectivity index (χ0v) is 8.76. The van der Waals surface area contributed by atoms with Crippen LogP contribution in [0.3, 0.4) is 0 Å². The average molecular weight is 243 g/mol. The molecule has 0 aromatic carbocycles. The number of hydrogen-bond acceptors (Lipinski definition) is 7. The van der Waals surface area contributed by atoms with E-state index in [1.165, 1.54) is 6.33 Å². The van der Waals surface area contributed by atoms with Gasteiger partial charge in [-0.1, -0.05) is 0 Å². The van der Waals surface area contributed by atoms with Crippen molar-refractivity contribution in [1.29, 1.82) is 5.41 Å². The second-order valence-corrected chi connectivity index (χ2v) is 3.69. The molecule has 2 unspecified atom stereocenters. The molecule has 6 N–H and O–H groups in total. The van der Waals surface area contributed by atoms with Gasteiger partial charge in [0.25, 0.3) is 0 Å². The molecule has 0 saturated carbocycles. The van der Waals surface area contributed by atoms with Crippen molar-refractivity contribution in [3.63, 3.8) is 0 Å². The van der Waals surface area contributed by atoms with Crippen molar-refractivity contribution in [2.75, 3.05) is 6.61 Å². The van der Waals surface area contributed by atoms with Crippen LogP contribution in [0.4, 0.5) is 0 Å². The molecule has 0 radical (unpaired) electrons. The Morgan fingerprint density at radius 3 is 2.71 bits per heavy atom. The van der Waals surface area contributed by atoms with Crippen molar-refractivity contribution in [2.24, 2.45) is 5.73 Å². The van der Waals surface area contributed by atoms with Gasteiger partial charge in [-0.25, -0.2) is 9.67 Å². The number of amidine groups is 1. The van der Waals surface area contributed by atoms with Gasteiger partial charge in [0.2, 0.25) is 5.82 Å². The van der Waals surface area contributed by atoms with E-state index < -0.39 is 31.1 Å². The fourth-order valence-electron chi connectivity index (χ4n) is 1.62. The van der Waals surface area contributed by atoms with Crippen LogP contribution < -0.4 is 5.73 Å². The molecule has 0 spiro atoms. The van der Waals surface area contributed by atoms with Gasteiger partial charge in [0, 0.05) is 0 Å². The molecule has 1 saturated heterocycles. The molecule has 4 atom stereocenters. The van der Waals surface area contributed by atoms with E-state index in [2.05, 4.69) is 10.1 Å². The first kappa shape index (κ1) is 11.9. The van der Waals surface area contributed by atoms with E-state index in [0.717, 1.165) is 4.68 Å². The molecule has 94 valence electrons. The van der Waals surface area contributed by atoms with Gasteiger partial charge in [0.15, 0.2) is 12.1 Å². The maximum Gasteiger partial charge on any atom is 0.215 e. The maximum absolute atomic E-state index is 9.70. The van der Waals surface area contributed by atoms with Crippen LogP contribution in [-0.2, 0) is 4.74 Å². The Morgan fingerprint density at radius 2 is 2.24 bits per heavy atom. The first-order valence-electron chi connectivity index (χ1n) is 4.92. The first-order chi connectivity index (χ1) is 8.04. The molecule has 1 aromatic heterocycles. The Balaban J connectivity index is 2.19. The highest BCUT2D eigenvalue weighted by Gasteiger charge is 2.43. The van der Waals surface area contributed by atoms with Gasteiger partial charge < -0.3 is 25.8 Å². The van der Waals surface area contributed by atoms with Crippen molar-refractivity contribution in [1.82, 2.24) is 14.8 Å². The van der Waals surface area contributed by atoms with Crippen molar-refractivity contribution >= 4 is 5.84 Å². The smallest absolute Gasteiger partial charge is 0.215 e. The maximum atomic E-state index is 9.70. The van der Waals surface area contributed by atoms with Crippen LogP contribution in [0.1, 0.15) is 12.1 Å². The van der Waals surface area contributed by atoms with Gasteiger partial charge >= 0.3 is 0 Å². The second-order valence-electron chi connectivity index (χ2n) is 3.69. The molecule has 1 aliphatic heterocycles. The number of nitrogen functional groups attached to an aromatic ring is 1. The van der Waals surface area contributed by atoms with Crippen LogP contribution in [0.5, 0.6) is 0 Å². The molecule has 0 aliphatic carbocycles. The molecular weight excluding hydrogens is 230 g/mol. The van der Waals surface area contributed by atoms with Gasteiger partial charge in [0.1, 0.15) is 24.6 Å². The third kappa shape index (κ3) is 2.00. The Labute approximate surface area is 96.0 Å². The summed E-state index contributed by atoms with van der Waals surface area (Å²) in [7, 11) is 0. The lowest BCUT2D eigenvalue weighted by Gasteiger charge is -2.13. The largest absolute Gasteiger partial charge is 0.394 e. The molecule has 2 heterocycles. The van der Waals surface area contributed by atoms with E-state index in [1.807, 2.05) is 0 Å². The van der Waals surface area contributed by atoms with Crippen LogP contribution in [0.2, 0.25) is 0 Å². The van der Waals surface area contributed by atoms with Crippen LogP contribution in [0.15, 0.2) is 6.33 Å². The first-order valence-corrected chi connectivity index (χ1v) is 4.92. The zero-order valence-electron chi connectivity index (χ0n) is 8.76. The molecule has 1 aromatic rings. The minimum atomic E-state index is -1.23. The van der Waals surface area contributed by atoms with Crippen molar-refractivity contribution in [3.05, 3.63) is 12.2 Å². The summed E-state index contributed by atoms with van der Waals surface area (Å²) in [6.07, 6.45) is -3.02. The zero-order chi connectivity index (χ0) is 12.6. The van der Waals surface area contributed by atoms with E-state index >= 15 is 0 Å².